The molecule has 8 heteroatoms. The summed E-state index contributed by atoms with van der Waals surface area (Å²) in [5, 5.41) is 9.88. The van der Waals surface area contributed by atoms with Gasteiger partial charge in [0, 0.05) is 18.7 Å². The van der Waals surface area contributed by atoms with Crippen LogP contribution >= 0.6 is 7.82 Å². The van der Waals surface area contributed by atoms with Gasteiger partial charge in [0.1, 0.15) is 12.7 Å². The summed E-state index contributed by atoms with van der Waals surface area (Å²) < 4.78 is 28.6. The first-order chi connectivity index (χ1) is 17.5. The first-order valence-corrected chi connectivity index (χ1v) is 15.8. The van der Waals surface area contributed by atoms with E-state index >= 15 is 0 Å². The van der Waals surface area contributed by atoms with Crippen LogP contribution in [0.1, 0.15) is 110 Å². The second-order valence-electron chi connectivity index (χ2n) is 9.72. The van der Waals surface area contributed by atoms with E-state index in [4.69, 9.17) is 13.8 Å². The number of pyridine rings is 1. The summed E-state index contributed by atoms with van der Waals surface area (Å²) in [6.45, 7) is 2.89. The molecule has 0 saturated heterocycles. The number of aromatic nitrogens is 1. The Labute approximate surface area is 220 Å². The van der Waals surface area contributed by atoms with Crippen LogP contribution in [0.15, 0.2) is 30.6 Å². The monoisotopic (exact) mass is 529 g/mol. The maximum Gasteiger partial charge on any atom is 0.268 e. The quantitative estimate of drug-likeness (QED) is 0.0884. The van der Waals surface area contributed by atoms with Gasteiger partial charge in [-0.25, -0.2) is 4.57 Å². The molecule has 0 aliphatic rings. The fraction of sp³-hybridized carbons (Fsp3) is 0.821. The van der Waals surface area contributed by atoms with Crippen LogP contribution in [0.2, 0.25) is 0 Å². The van der Waals surface area contributed by atoms with Gasteiger partial charge < -0.3 is 23.8 Å². The highest BCUT2D eigenvalue weighted by Crippen LogP contribution is 2.37. The van der Waals surface area contributed by atoms with Crippen molar-refractivity contribution >= 4 is 7.82 Å². The summed E-state index contributed by atoms with van der Waals surface area (Å²) in [6, 6.07) is 5.58. The molecule has 0 aromatic carbocycles. The van der Waals surface area contributed by atoms with Crippen molar-refractivity contribution in [3.8, 4) is 0 Å². The summed E-state index contributed by atoms with van der Waals surface area (Å²) in [5.41, 5.74) is 0. The van der Waals surface area contributed by atoms with Gasteiger partial charge in [0.15, 0.2) is 18.9 Å². The van der Waals surface area contributed by atoms with Crippen molar-refractivity contribution in [3.63, 3.8) is 0 Å². The molecule has 1 heterocycles. The van der Waals surface area contributed by atoms with Crippen molar-refractivity contribution in [3.05, 3.63) is 30.6 Å². The molecule has 36 heavy (non-hydrogen) atoms. The van der Waals surface area contributed by atoms with Crippen LogP contribution in [-0.4, -0.2) is 37.6 Å². The lowest BCUT2D eigenvalue weighted by molar-refractivity contribution is -0.697. The molecule has 0 saturated carbocycles. The van der Waals surface area contributed by atoms with E-state index in [0.717, 1.165) is 12.8 Å². The SMILES string of the molecule is CCCCCCCCCCCCCCCCCCOCC(O)COP(=O)([O-])OCC[n+]1ccccc1. The van der Waals surface area contributed by atoms with Gasteiger partial charge in [-0.3, -0.25) is 4.57 Å². The summed E-state index contributed by atoms with van der Waals surface area (Å²) >= 11 is 0. The Morgan fingerprint density at radius 2 is 1.22 bits per heavy atom. The summed E-state index contributed by atoms with van der Waals surface area (Å²) in [5.74, 6) is 0. The zero-order chi connectivity index (χ0) is 26.2. The van der Waals surface area contributed by atoms with Crippen LogP contribution < -0.4 is 9.46 Å². The third-order valence-electron chi connectivity index (χ3n) is 6.25. The fourth-order valence-corrected chi connectivity index (χ4v) is 4.81. The molecule has 210 valence electrons. The Bertz CT molecular complexity index is 648. The molecule has 1 rings (SSSR count). The lowest BCUT2D eigenvalue weighted by atomic mass is 10.0. The molecule has 0 aliphatic heterocycles. The van der Waals surface area contributed by atoms with Crippen LogP contribution in [-0.2, 0) is 24.9 Å². The molecule has 0 radical (unpaired) electrons. The molecule has 7 nitrogen and oxygen atoms in total. The Hall–Kier alpha value is -0.820. The molecule has 1 aromatic heterocycles. The lowest BCUT2D eigenvalue weighted by Crippen LogP contribution is -2.35. The van der Waals surface area contributed by atoms with E-state index in [-0.39, 0.29) is 19.8 Å². The van der Waals surface area contributed by atoms with Crippen LogP contribution in [0.4, 0.5) is 0 Å². The van der Waals surface area contributed by atoms with E-state index in [9.17, 15) is 14.6 Å². The van der Waals surface area contributed by atoms with Gasteiger partial charge in [-0.15, -0.1) is 0 Å². The average molecular weight is 530 g/mol. The first-order valence-electron chi connectivity index (χ1n) is 14.3. The smallest absolute Gasteiger partial charge is 0.268 e. The lowest BCUT2D eigenvalue weighted by Gasteiger charge is -2.23. The van der Waals surface area contributed by atoms with E-state index in [1.54, 1.807) is 4.57 Å². The molecule has 0 fully saturated rings. The Kier molecular flexibility index (Phi) is 21.5. The largest absolute Gasteiger partial charge is 0.756 e. The van der Waals surface area contributed by atoms with E-state index in [0.29, 0.717) is 13.2 Å². The van der Waals surface area contributed by atoms with E-state index < -0.39 is 13.9 Å². The molecule has 0 amide bonds. The number of unbranched alkanes of at least 4 members (excludes halogenated alkanes) is 15. The number of nitrogens with zero attached hydrogens (tertiary/aromatic N) is 1. The zero-order valence-electron chi connectivity index (χ0n) is 22.7. The summed E-state index contributed by atoms with van der Waals surface area (Å²) in [7, 11) is -4.44. The van der Waals surface area contributed by atoms with Crippen molar-refractivity contribution in [1.29, 1.82) is 0 Å². The number of phosphoric ester groups is 1. The average Bonchev–Trinajstić information content (AvgIpc) is 2.87. The molecule has 2 unspecified atom stereocenters. The minimum Gasteiger partial charge on any atom is -0.756 e. The minimum atomic E-state index is -4.44. The third kappa shape index (κ3) is 21.3. The predicted octanol–water partition coefficient (Wildman–Crippen LogP) is 6.11. The summed E-state index contributed by atoms with van der Waals surface area (Å²) in [6.07, 6.45) is 23.8. The highest BCUT2D eigenvalue weighted by molar-refractivity contribution is 7.45. The van der Waals surface area contributed by atoms with Gasteiger partial charge in [-0.2, -0.15) is 0 Å². The molecule has 0 bridgehead atoms. The van der Waals surface area contributed by atoms with Gasteiger partial charge in [-0.1, -0.05) is 109 Å². The highest BCUT2D eigenvalue weighted by atomic mass is 31.2. The van der Waals surface area contributed by atoms with Crippen LogP contribution in [0.3, 0.4) is 0 Å². The predicted molar refractivity (Wildman–Crippen MR) is 143 cm³/mol. The topological polar surface area (TPSA) is 91.9 Å². The fourth-order valence-electron chi connectivity index (χ4n) is 4.08. The van der Waals surface area contributed by atoms with Crippen molar-refractivity contribution in [2.75, 3.05) is 26.4 Å². The second kappa shape index (κ2) is 23.3. The van der Waals surface area contributed by atoms with E-state index in [2.05, 4.69) is 6.92 Å². The standard InChI is InChI=1S/C28H52NO6P/c1-2-3-4-5-6-7-8-9-10-11-12-13-14-15-16-20-24-33-26-28(30)27-35-36(31,32)34-25-23-29-21-18-17-19-22-29/h17-19,21-22,28,30H,2-16,20,23-27H2,1H3. The maximum atomic E-state index is 11.8. The second-order valence-corrected chi connectivity index (χ2v) is 11.1. The van der Waals surface area contributed by atoms with Gasteiger partial charge in [0.25, 0.3) is 7.82 Å². The maximum absolute atomic E-state index is 11.8. The van der Waals surface area contributed by atoms with E-state index in [1.807, 2.05) is 30.6 Å². The van der Waals surface area contributed by atoms with Crippen molar-refractivity contribution in [2.24, 2.45) is 0 Å². The molecule has 1 N–H and O–H groups in total. The Morgan fingerprint density at radius 1 is 0.722 bits per heavy atom. The van der Waals surface area contributed by atoms with Gasteiger partial charge in [-0.05, 0) is 6.42 Å². The van der Waals surface area contributed by atoms with Crippen LogP contribution in [0.25, 0.3) is 0 Å². The third-order valence-corrected chi connectivity index (χ3v) is 7.22. The normalized spacial score (nSPS) is 14.1. The van der Waals surface area contributed by atoms with Gasteiger partial charge in [0.2, 0.25) is 0 Å². The van der Waals surface area contributed by atoms with Crippen molar-refractivity contribution in [1.82, 2.24) is 0 Å². The number of aliphatic hydroxyl groups is 1. The van der Waals surface area contributed by atoms with Crippen LogP contribution in [0.5, 0.6) is 0 Å². The van der Waals surface area contributed by atoms with Crippen LogP contribution in [0, 0.1) is 0 Å². The molecular formula is C28H52NO6P. The minimum absolute atomic E-state index is 0.0265. The number of phosphoric acid groups is 1. The summed E-state index contributed by atoms with van der Waals surface area (Å²) in [4.78, 5) is 11.8. The van der Waals surface area contributed by atoms with Crippen molar-refractivity contribution < 1.29 is 32.9 Å². The van der Waals surface area contributed by atoms with E-state index in [1.165, 1.54) is 89.9 Å². The number of aliphatic hydroxyl groups excluding tert-OH is 1. The first kappa shape index (κ1) is 33.2. The number of hydrogen-bond acceptors (Lipinski definition) is 6. The van der Waals surface area contributed by atoms with Gasteiger partial charge >= 0.3 is 0 Å². The Balaban J connectivity index is 1.83. The number of hydrogen-bond donors (Lipinski definition) is 1. The number of ether oxygens (including phenoxy) is 1. The molecule has 0 spiro atoms. The molecule has 1 aromatic rings. The number of rotatable bonds is 26. The zero-order valence-corrected chi connectivity index (χ0v) is 23.6. The van der Waals surface area contributed by atoms with Gasteiger partial charge in [0.05, 0.1) is 13.2 Å². The molecule has 0 aliphatic carbocycles. The highest BCUT2D eigenvalue weighted by Gasteiger charge is 2.14. The Morgan fingerprint density at radius 3 is 1.75 bits per heavy atom. The molecule has 2 atom stereocenters. The van der Waals surface area contributed by atoms with Crippen molar-refractivity contribution in [2.45, 2.75) is 122 Å². The molecular weight excluding hydrogens is 477 g/mol.